The molecule has 3 rings (SSSR count). The number of nitrogens with zero attached hydrogens (tertiary/aromatic N) is 1. The van der Waals surface area contributed by atoms with Gasteiger partial charge in [0.2, 0.25) is 10.0 Å². The first kappa shape index (κ1) is 20.3. The van der Waals surface area contributed by atoms with Gasteiger partial charge in [0, 0.05) is 28.4 Å². The van der Waals surface area contributed by atoms with Crippen LogP contribution in [-0.4, -0.2) is 19.3 Å². The molecule has 1 heterocycles. The Morgan fingerprint density at radius 1 is 1.04 bits per heavy atom. The summed E-state index contributed by atoms with van der Waals surface area (Å²) >= 11 is 12.2. The number of sulfonamides is 1. The normalized spacial score (nSPS) is 11.2. The Kier molecular flexibility index (Phi) is 6.00. The molecule has 28 heavy (non-hydrogen) atoms. The quantitative estimate of drug-likeness (QED) is 0.638. The summed E-state index contributed by atoms with van der Waals surface area (Å²) in [7, 11) is -3.84. The average molecular weight is 436 g/mol. The van der Waals surface area contributed by atoms with Crippen LogP contribution in [0.4, 0.5) is 0 Å². The van der Waals surface area contributed by atoms with Gasteiger partial charge in [0.25, 0.3) is 5.91 Å². The smallest absolute Gasteiger partial charge is 0.253 e. The van der Waals surface area contributed by atoms with E-state index in [9.17, 15) is 13.2 Å². The maximum absolute atomic E-state index is 12.3. The Morgan fingerprint density at radius 3 is 2.39 bits per heavy atom. The zero-order chi connectivity index (χ0) is 20.3. The highest BCUT2D eigenvalue weighted by molar-refractivity contribution is 7.89. The highest BCUT2D eigenvalue weighted by Crippen LogP contribution is 2.25. The van der Waals surface area contributed by atoms with Crippen molar-refractivity contribution in [1.82, 2.24) is 10.3 Å². The van der Waals surface area contributed by atoms with Crippen LogP contribution >= 0.6 is 23.2 Å². The van der Waals surface area contributed by atoms with Crippen molar-refractivity contribution in [3.63, 3.8) is 0 Å². The first-order valence-corrected chi connectivity index (χ1v) is 10.4. The fourth-order valence-electron chi connectivity index (χ4n) is 2.48. The number of nitrogens with one attached hydrogen (secondary N) is 1. The number of halogens is 2. The van der Waals surface area contributed by atoms with E-state index in [1.165, 1.54) is 24.4 Å². The highest BCUT2D eigenvalue weighted by atomic mass is 35.5. The van der Waals surface area contributed by atoms with Gasteiger partial charge in [-0.1, -0.05) is 47.5 Å². The molecule has 0 saturated heterocycles. The van der Waals surface area contributed by atoms with Gasteiger partial charge in [-0.2, -0.15) is 0 Å². The van der Waals surface area contributed by atoms with Crippen molar-refractivity contribution in [3.8, 4) is 11.3 Å². The van der Waals surface area contributed by atoms with E-state index in [0.29, 0.717) is 21.8 Å². The molecule has 0 bridgehead atoms. The van der Waals surface area contributed by atoms with Gasteiger partial charge in [-0.25, -0.2) is 13.6 Å². The molecule has 9 heteroatoms. The molecule has 1 amide bonds. The lowest BCUT2D eigenvalue weighted by Gasteiger charge is -2.09. The van der Waals surface area contributed by atoms with E-state index in [1.807, 2.05) is 18.2 Å². The second kappa shape index (κ2) is 8.28. The number of amides is 1. The van der Waals surface area contributed by atoms with E-state index in [4.69, 9.17) is 28.3 Å². The van der Waals surface area contributed by atoms with E-state index in [2.05, 4.69) is 10.3 Å². The van der Waals surface area contributed by atoms with Gasteiger partial charge < -0.3 is 5.32 Å². The summed E-state index contributed by atoms with van der Waals surface area (Å²) in [5, 5.41) is 8.55. The number of rotatable bonds is 5. The van der Waals surface area contributed by atoms with Crippen LogP contribution in [0.25, 0.3) is 11.3 Å². The number of benzene rings is 2. The number of hydrogen-bond acceptors (Lipinski definition) is 4. The molecular formula is C19H15Cl2N3O3S. The van der Waals surface area contributed by atoms with Crippen LogP contribution in [0.3, 0.4) is 0 Å². The molecular weight excluding hydrogens is 421 g/mol. The maximum atomic E-state index is 12.3. The molecule has 3 aromatic rings. The van der Waals surface area contributed by atoms with E-state index in [-0.39, 0.29) is 22.4 Å². The Bertz CT molecular complexity index is 1130. The number of carbonyl (C=O) groups excluding carboxylic acids is 1. The molecule has 3 N–H and O–H groups in total. The van der Waals surface area contributed by atoms with Crippen LogP contribution in [-0.2, 0) is 16.6 Å². The number of hydrogen-bond donors (Lipinski definition) is 2. The monoisotopic (exact) mass is 435 g/mol. The topological polar surface area (TPSA) is 102 Å². The molecule has 6 nitrogen and oxygen atoms in total. The number of pyridine rings is 1. The van der Waals surface area contributed by atoms with Gasteiger partial charge in [-0.3, -0.25) is 9.78 Å². The Morgan fingerprint density at radius 2 is 1.79 bits per heavy atom. The SMILES string of the molecule is NS(=O)(=O)c1ccc(CNC(=O)c2ccc(-c3ccccc3Cl)nc2)c(Cl)c1. The second-order valence-corrected chi connectivity index (χ2v) is 8.27. The Hall–Kier alpha value is -2.45. The van der Waals surface area contributed by atoms with Crippen molar-refractivity contribution < 1.29 is 13.2 Å². The molecule has 0 aliphatic heterocycles. The minimum Gasteiger partial charge on any atom is -0.348 e. The first-order valence-electron chi connectivity index (χ1n) is 8.06. The largest absolute Gasteiger partial charge is 0.348 e. The van der Waals surface area contributed by atoms with Gasteiger partial charge in [-0.15, -0.1) is 0 Å². The predicted octanol–water partition coefficient (Wildman–Crippen LogP) is 3.63. The molecule has 0 aliphatic rings. The van der Waals surface area contributed by atoms with Crippen molar-refractivity contribution >= 4 is 39.1 Å². The molecule has 144 valence electrons. The third-order valence-corrected chi connectivity index (χ3v) is 5.56. The van der Waals surface area contributed by atoms with Crippen LogP contribution < -0.4 is 10.5 Å². The van der Waals surface area contributed by atoms with Gasteiger partial charge >= 0.3 is 0 Å². The highest BCUT2D eigenvalue weighted by Gasteiger charge is 2.12. The molecule has 0 saturated carbocycles. The summed E-state index contributed by atoms with van der Waals surface area (Å²) in [5.41, 5.74) is 2.36. The average Bonchev–Trinajstić information content (AvgIpc) is 2.66. The van der Waals surface area contributed by atoms with Crippen LogP contribution in [0, 0.1) is 0 Å². The molecule has 2 aromatic carbocycles. The lowest BCUT2D eigenvalue weighted by Crippen LogP contribution is -2.23. The van der Waals surface area contributed by atoms with Crippen LogP contribution in [0.1, 0.15) is 15.9 Å². The van der Waals surface area contributed by atoms with E-state index < -0.39 is 10.0 Å². The number of primary sulfonamides is 1. The van der Waals surface area contributed by atoms with Crippen molar-refractivity contribution in [3.05, 3.63) is 82.0 Å². The maximum Gasteiger partial charge on any atom is 0.253 e. The van der Waals surface area contributed by atoms with E-state index in [0.717, 1.165) is 5.56 Å². The standard InChI is InChI=1S/C19H15Cl2N3O3S/c20-16-4-2-1-3-15(16)18-8-6-13(11-23-18)19(25)24-10-12-5-7-14(9-17(12)21)28(22,26)27/h1-9,11H,10H2,(H,24,25)(H2,22,26,27). The number of nitrogens with two attached hydrogens (primary N) is 1. The van der Waals surface area contributed by atoms with Crippen molar-refractivity contribution in [2.45, 2.75) is 11.4 Å². The fourth-order valence-corrected chi connectivity index (χ4v) is 3.57. The minimum absolute atomic E-state index is 0.0908. The summed E-state index contributed by atoms with van der Waals surface area (Å²) < 4.78 is 22.7. The van der Waals surface area contributed by atoms with Gasteiger partial charge in [0.05, 0.1) is 16.2 Å². The van der Waals surface area contributed by atoms with Crippen molar-refractivity contribution in [1.29, 1.82) is 0 Å². The van der Waals surface area contributed by atoms with Gasteiger partial charge in [0.15, 0.2) is 0 Å². The summed E-state index contributed by atoms with van der Waals surface area (Å²) in [6.07, 6.45) is 1.46. The van der Waals surface area contributed by atoms with Gasteiger partial charge in [-0.05, 0) is 35.9 Å². The van der Waals surface area contributed by atoms with Crippen molar-refractivity contribution in [2.75, 3.05) is 0 Å². The Labute approximate surface area is 172 Å². The minimum atomic E-state index is -3.84. The predicted molar refractivity (Wildman–Crippen MR) is 109 cm³/mol. The lowest BCUT2D eigenvalue weighted by atomic mass is 10.1. The lowest BCUT2D eigenvalue weighted by molar-refractivity contribution is 0.0950. The molecule has 0 radical (unpaired) electrons. The van der Waals surface area contributed by atoms with E-state index in [1.54, 1.807) is 18.2 Å². The van der Waals surface area contributed by atoms with Gasteiger partial charge in [0.1, 0.15) is 0 Å². The molecule has 0 aliphatic carbocycles. The van der Waals surface area contributed by atoms with Crippen LogP contribution in [0.2, 0.25) is 10.0 Å². The molecule has 0 fully saturated rings. The summed E-state index contributed by atoms with van der Waals surface area (Å²) in [6.45, 7) is 0.120. The first-order chi connectivity index (χ1) is 13.3. The molecule has 0 atom stereocenters. The fraction of sp³-hybridized carbons (Fsp3) is 0.0526. The summed E-state index contributed by atoms with van der Waals surface area (Å²) in [6, 6.07) is 14.7. The zero-order valence-electron chi connectivity index (χ0n) is 14.4. The molecule has 0 spiro atoms. The van der Waals surface area contributed by atoms with Crippen molar-refractivity contribution in [2.24, 2.45) is 5.14 Å². The second-order valence-electron chi connectivity index (χ2n) is 5.89. The Balaban J connectivity index is 1.70. The third-order valence-electron chi connectivity index (χ3n) is 3.97. The zero-order valence-corrected chi connectivity index (χ0v) is 16.7. The number of carbonyl (C=O) groups is 1. The molecule has 0 unspecified atom stereocenters. The number of aromatic nitrogens is 1. The van der Waals surface area contributed by atoms with Crippen LogP contribution in [0.15, 0.2) is 65.7 Å². The summed E-state index contributed by atoms with van der Waals surface area (Å²) in [5.74, 6) is -0.343. The molecule has 1 aromatic heterocycles. The summed E-state index contributed by atoms with van der Waals surface area (Å²) in [4.78, 5) is 16.5. The van der Waals surface area contributed by atoms with Crippen LogP contribution in [0.5, 0.6) is 0 Å². The van der Waals surface area contributed by atoms with E-state index >= 15 is 0 Å². The third kappa shape index (κ3) is 4.69.